The molecule has 0 aliphatic carbocycles. The van der Waals surface area contributed by atoms with Crippen molar-refractivity contribution in [3.8, 4) is 0 Å². The van der Waals surface area contributed by atoms with Crippen LogP contribution in [0, 0.1) is 5.92 Å². The van der Waals surface area contributed by atoms with Crippen LogP contribution in [-0.4, -0.2) is 30.5 Å². The zero-order chi connectivity index (χ0) is 9.94. The van der Waals surface area contributed by atoms with Crippen LogP contribution in [0.1, 0.15) is 20.8 Å². The van der Waals surface area contributed by atoms with Gasteiger partial charge >= 0.3 is 5.97 Å². The number of sulfone groups is 1. The molecule has 72 valence electrons. The summed E-state index contributed by atoms with van der Waals surface area (Å²) >= 11 is 0. The lowest BCUT2D eigenvalue weighted by Crippen LogP contribution is -2.29. The Kier molecular flexibility index (Phi) is 3.70. The van der Waals surface area contributed by atoms with Crippen molar-refractivity contribution in [2.45, 2.75) is 26.0 Å². The fraction of sp³-hybridized carbons (Fsp3) is 0.857. The number of carboxylic acid groups (broad SMARTS) is 1. The Morgan fingerprint density at radius 2 is 1.75 bits per heavy atom. The maximum absolute atomic E-state index is 11.2. The normalized spacial score (nSPS) is 14.7. The number of hydrogen-bond donors (Lipinski definition) is 1. The highest BCUT2D eigenvalue weighted by Gasteiger charge is 2.26. The molecule has 1 N–H and O–H groups in total. The molecule has 0 bridgehead atoms. The maximum atomic E-state index is 11.2. The van der Waals surface area contributed by atoms with Crippen molar-refractivity contribution in [2.75, 3.05) is 5.75 Å². The lowest BCUT2D eigenvalue weighted by Gasteiger charge is -2.14. The average Bonchev–Trinajstić information content (AvgIpc) is 1.82. The number of carbonyl (C=O) groups is 1. The lowest BCUT2D eigenvalue weighted by atomic mass is 10.2. The molecule has 0 saturated carbocycles. The lowest BCUT2D eigenvalue weighted by molar-refractivity contribution is -0.134. The third kappa shape index (κ3) is 3.21. The topological polar surface area (TPSA) is 71.4 Å². The SMILES string of the molecule is CC(C)C(C)S(=O)(=O)CC(=O)O. The molecule has 1 unspecified atom stereocenters. The van der Waals surface area contributed by atoms with E-state index in [4.69, 9.17) is 5.11 Å². The molecule has 0 amide bonds. The highest BCUT2D eigenvalue weighted by molar-refractivity contribution is 7.92. The highest BCUT2D eigenvalue weighted by Crippen LogP contribution is 2.11. The molecule has 0 saturated heterocycles. The van der Waals surface area contributed by atoms with E-state index >= 15 is 0 Å². The van der Waals surface area contributed by atoms with E-state index < -0.39 is 26.8 Å². The van der Waals surface area contributed by atoms with E-state index in [0.717, 1.165) is 0 Å². The van der Waals surface area contributed by atoms with Crippen LogP contribution >= 0.6 is 0 Å². The van der Waals surface area contributed by atoms with Gasteiger partial charge in [0.1, 0.15) is 5.75 Å². The second kappa shape index (κ2) is 3.89. The number of carboxylic acids is 1. The first-order valence-corrected chi connectivity index (χ1v) is 5.42. The zero-order valence-corrected chi connectivity index (χ0v) is 8.26. The number of hydrogen-bond acceptors (Lipinski definition) is 3. The van der Waals surface area contributed by atoms with Crippen molar-refractivity contribution >= 4 is 15.8 Å². The Bertz CT molecular complexity index is 253. The molecule has 0 spiro atoms. The van der Waals surface area contributed by atoms with Crippen LogP contribution in [-0.2, 0) is 14.6 Å². The van der Waals surface area contributed by atoms with Gasteiger partial charge in [-0.05, 0) is 12.8 Å². The van der Waals surface area contributed by atoms with Crippen LogP contribution in [0.5, 0.6) is 0 Å². The van der Waals surface area contributed by atoms with Crippen LogP contribution < -0.4 is 0 Å². The molecule has 1 atom stereocenters. The summed E-state index contributed by atoms with van der Waals surface area (Å²) in [6, 6.07) is 0. The van der Waals surface area contributed by atoms with E-state index in [1.54, 1.807) is 13.8 Å². The smallest absolute Gasteiger partial charge is 0.318 e. The predicted octanol–water partition coefficient (Wildman–Crippen LogP) is 0.530. The van der Waals surface area contributed by atoms with Crippen molar-refractivity contribution in [3.05, 3.63) is 0 Å². The predicted molar refractivity (Wildman–Crippen MR) is 45.7 cm³/mol. The van der Waals surface area contributed by atoms with Gasteiger partial charge in [0.05, 0.1) is 5.25 Å². The molecule has 0 radical (unpaired) electrons. The molecule has 0 aliphatic rings. The van der Waals surface area contributed by atoms with Gasteiger partial charge in [-0.1, -0.05) is 13.8 Å². The Balaban J connectivity index is 4.52. The van der Waals surface area contributed by atoms with Gasteiger partial charge in [0.2, 0.25) is 0 Å². The Labute approximate surface area is 72.5 Å². The standard InChI is InChI=1S/C7H14O4S/c1-5(2)6(3)12(10,11)4-7(8)9/h5-6H,4H2,1-3H3,(H,8,9). The van der Waals surface area contributed by atoms with E-state index in [1.807, 2.05) is 0 Å². The first kappa shape index (κ1) is 11.4. The number of rotatable bonds is 4. The van der Waals surface area contributed by atoms with Gasteiger partial charge in [0.25, 0.3) is 0 Å². The Morgan fingerprint density at radius 1 is 1.33 bits per heavy atom. The third-order valence-electron chi connectivity index (χ3n) is 1.83. The van der Waals surface area contributed by atoms with Crippen molar-refractivity contribution in [1.29, 1.82) is 0 Å². The van der Waals surface area contributed by atoms with Gasteiger partial charge < -0.3 is 5.11 Å². The van der Waals surface area contributed by atoms with Crippen molar-refractivity contribution in [3.63, 3.8) is 0 Å². The summed E-state index contributed by atoms with van der Waals surface area (Å²) in [5.74, 6) is -2.11. The molecular formula is C7H14O4S. The quantitative estimate of drug-likeness (QED) is 0.708. The van der Waals surface area contributed by atoms with Crippen LogP contribution in [0.15, 0.2) is 0 Å². The van der Waals surface area contributed by atoms with Crippen LogP contribution in [0.25, 0.3) is 0 Å². The molecule has 0 rings (SSSR count). The number of aliphatic carboxylic acids is 1. The molecule has 5 heteroatoms. The van der Waals surface area contributed by atoms with E-state index in [0.29, 0.717) is 0 Å². The molecule has 12 heavy (non-hydrogen) atoms. The molecule has 0 aromatic heterocycles. The Morgan fingerprint density at radius 3 is 2.00 bits per heavy atom. The maximum Gasteiger partial charge on any atom is 0.318 e. The van der Waals surface area contributed by atoms with Crippen molar-refractivity contribution in [2.24, 2.45) is 5.92 Å². The average molecular weight is 194 g/mol. The minimum atomic E-state index is -3.46. The van der Waals surface area contributed by atoms with Gasteiger partial charge in [-0.2, -0.15) is 0 Å². The van der Waals surface area contributed by atoms with Crippen LogP contribution in [0.2, 0.25) is 0 Å². The first-order chi connectivity index (χ1) is 5.27. The monoisotopic (exact) mass is 194 g/mol. The van der Waals surface area contributed by atoms with Crippen LogP contribution in [0.3, 0.4) is 0 Å². The van der Waals surface area contributed by atoms with Gasteiger partial charge in [-0.3, -0.25) is 4.79 Å². The van der Waals surface area contributed by atoms with Crippen molar-refractivity contribution in [1.82, 2.24) is 0 Å². The summed E-state index contributed by atoms with van der Waals surface area (Å²) in [6.45, 7) is 5.04. The second-order valence-electron chi connectivity index (χ2n) is 3.15. The fourth-order valence-electron chi connectivity index (χ4n) is 0.718. The van der Waals surface area contributed by atoms with E-state index in [-0.39, 0.29) is 5.92 Å². The van der Waals surface area contributed by atoms with Gasteiger partial charge in [0.15, 0.2) is 9.84 Å². The molecule has 4 nitrogen and oxygen atoms in total. The summed E-state index contributed by atoms with van der Waals surface area (Å²) < 4.78 is 22.4. The molecule has 0 aromatic rings. The largest absolute Gasteiger partial charge is 0.480 e. The summed E-state index contributed by atoms with van der Waals surface area (Å²) in [7, 11) is -3.46. The Hall–Kier alpha value is -0.580. The second-order valence-corrected chi connectivity index (χ2v) is 5.51. The molecule has 0 aliphatic heterocycles. The minimum absolute atomic E-state index is 0.0469. The van der Waals surface area contributed by atoms with Crippen LogP contribution in [0.4, 0.5) is 0 Å². The van der Waals surface area contributed by atoms with E-state index in [9.17, 15) is 13.2 Å². The zero-order valence-electron chi connectivity index (χ0n) is 7.44. The molecular weight excluding hydrogens is 180 g/mol. The molecule has 0 fully saturated rings. The van der Waals surface area contributed by atoms with Crippen molar-refractivity contribution < 1.29 is 18.3 Å². The fourth-order valence-corrected chi connectivity index (χ4v) is 2.15. The first-order valence-electron chi connectivity index (χ1n) is 3.70. The van der Waals surface area contributed by atoms with Gasteiger partial charge in [-0.25, -0.2) is 8.42 Å². The van der Waals surface area contributed by atoms with E-state index in [1.165, 1.54) is 6.92 Å². The minimum Gasteiger partial charge on any atom is -0.480 e. The summed E-state index contributed by atoms with van der Waals surface area (Å²) in [4.78, 5) is 10.2. The molecule has 0 heterocycles. The summed E-state index contributed by atoms with van der Waals surface area (Å²) in [6.07, 6.45) is 0. The summed E-state index contributed by atoms with van der Waals surface area (Å²) in [5, 5.41) is 7.71. The summed E-state index contributed by atoms with van der Waals surface area (Å²) in [5.41, 5.74) is 0. The third-order valence-corrected chi connectivity index (χ3v) is 4.16. The van der Waals surface area contributed by atoms with E-state index in [2.05, 4.69) is 0 Å². The van der Waals surface area contributed by atoms with Gasteiger partial charge in [0, 0.05) is 0 Å². The van der Waals surface area contributed by atoms with Gasteiger partial charge in [-0.15, -0.1) is 0 Å². The highest BCUT2D eigenvalue weighted by atomic mass is 32.2. The molecule has 0 aromatic carbocycles.